The predicted octanol–water partition coefficient (Wildman–Crippen LogP) is 5.72. The van der Waals surface area contributed by atoms with Crippen LogP contribution in [-0.2, 0) is 15.0 Å². The Morgan fingerprint density at radius 1 is 0.892 bits per heavy atom. The molecule has 190 valence electrons. The molecule has 0 radical (unpaired) electrons. The van der Waals surface area contributed by atoms with Crippen molar-refractivity contribution in [3.63, 3.8) is 0 Å². The van der Waals surface area contributed by atoms with Gasteiger partial charge in [-0.25, -0.2) is 0 Å². The molecule has 2 aliphatic carbocycles. The van der Waals surface area contributed by atoms with Crippen LogP contribution in [0.2, 0.25) is 0 Å². The smallest absolute Gasteiger partial charge is 0.305 e. The molecule has 3 aromatic rings. The van der Waals surface area contributed by atoms with E-state index >= 15 is 0 Å². The van der Waals surface area contributed by atoms with Crippen molar-refractivity contribution in [1.29, 1.82) is 0 Å². The molecule has 2 amide bonds. The summed E-state index contributed by atoms with van der Waals surface area (Å²) in [5.74, 6) is -0.0397. The zero-order valence-electron chi connectivity index (χ0n) is 21.4. The van der Waals surface area contributed by atoms with Gasteiger partial charge in [-0.15, -0.1) is 11.8 Å². The second-order valence-electron chi connectivity index (χ2n) is 12.2. The number of carbonyl (C=O) groups is 2. The van der Waals surface area contributed by atoms with Crippen molar-refractivity contribution in [3.8, 4) is 0 Å². The van der Waals surface area contributed by atoms with Crippen molar-refractivity contribution in [2.75, 3.05) is 4.90 Å². The largest absolute Gasteiger partial charge is 0.307 e. The summed E-state index contributed by atoms with van der Waals surface area (Å²) in [7, 11) is 0. The Bertz CT molecular complexity index is 1480. The maximum atomic E-state index is 13.8. The Kier molecular flexibility index (Phi) is 5.03. The van der Waals surface area contributed by atoms with Crippen molar-refractivity contribution in [2.45, 2.75) is 55.7 Å². The zero-order chi connectivity index (χ0) is 25.8. The fourth-order valence-corrected chi connectivity index (χ4v) is 10.4. The van der Waals surface area contributed by atoms with E-state index in [0.29, 0.717) is 5.69 Å². The molecule has 2 bridgehead atoms. The number of nitrogens with one attached hydrogen (secondary N) is 1. The summed E-state index contributed by atoms with van der Waals surface area (Å²) < 4.78 is 0. The minimum atomic E-state index is -0.269. The number of benzene rings is 2. The van der Waals surface area contributed by atoms with E-state index in [4.69, 9.17) is 0 Å². The van der Waals surface area contributed by atoms with Gasteiger partial charge < -0.3 is 4.98 Å². The third-order valence-corrected chi connectivity index (χ3v) is 11.7. The third kappa shape index (κ3) is 3.32. The lowest BCUT2D eigenvalue weighted by atomic mass is 9.68. The van der Waals surface area contributed by atoms with Crippen LogP contribution in [0, 0.1) is 36.5 Å². The number of aromatic amines is 1. The summed E-state index contributed by atoms with van der Waals surface area (Å²) in [5.41, 5.74) is 4.33. The van der Waals surface area contributed by atoms with Crippen LogP contribution in [0.25, 0.3) is 0 Å². The molecule has 2 aromatic carbocycles. The van der Waals surface area contributed by atoms with Gasteiger partial charge in [0.1, 0.15) is 0 Å². The number of H-pyrrole nitrogens is 1. The van der Waals surface area contributed by atoms with E-state index in [1.54, 1.807) is 11.8 Å². The van der Waals surface area contributed by atoms with Crippen molar-refractivity contribution >= 4 is 40.6 Å². The summed E-state index contributed by atoms with van der Waals surface area (Å²) >= 11 is 3.05. The van der Waals surface area contributed by atoms with Gasteiger partial charge in [0.25, 0.3) is 0 Å². The normalized spacial score (nSPS) is 32.0. The maximum absolute atomic E-state index is 13.8. The summed E-state index contributed by atoms with van der Waals surface area (Å²) in [5, 5.41) is 1.17. The number of imide groups is 1. The Hall–Kier alpha value is -2.64. The number of thiazole rings is 1. The number of thioether (sulfide) groups is 1. The number of nitrogens with zero attached hydrogens (tertiary/aromatic N) is 1. The highest BCUT2D eigenvalue weighted by Gasteiger charge is 2.69. The van der Waals surface area contributed by atoms with E-state index in [1.807, 2.05) is 31.2 Å². The van der Waals surface area contributed by atoms with Gasteiger partial charge in [-0.3, -0.25) is 19.3 Å². The molecule has 1 N–H and O–H groups in total. The number of aromatic nitrogens is 1. The lowest BCUT2D eigenvalue weighted by Gasteiger charge is -2.43. The summed E-state index contributed by atoms with van der Waals surface area (Å²) in [6.45, 7) is 8.64. The SMILES string of the molecule is Cc1ccc(N2C(=O)C3C(C2=O)[C@@H]2C[C@H]3C3Sc4[nH]c(=O)sc4C(c4ccc(C(C)(C)C)cc4)C32)cc1. The molecule has 5 nitrogen and oxygen atoms in total. The molecular formula is C30H30N2O3S2. The zero-order valence-corrected chi connectivity index (χ0v) is 23.0. The minimum absolute atomic E-state index is 0.0287. The molecule has 1 aromatic heterocycles. The Labute approximate surface area is 224 Å². The topological polar surface area (TPSA) is 70.2 Å². The summed E-state index contributed by atoms with van der Waals surface area (Å²) in [4.78, 5) is 45.6. The van der Waals surface area contributed by atoms with Crippen LogP contribution in [0.3, 0.4) is 0 Å². The fraction of sp³-hybridized carbons (Fsp3) is 0.433. The molecule has 3 fully saturated rings. The van der Waals surface area contributed by atoms with Gasteiger partial charge in [-0.05, 0) is 59.8 Å². The van der Waals surface area contributed by atoms with E-state index in [2.05, 4.69) is 50.0 Å². The quantitative estimate of drug-likeness (QED) is 0.430. The number of hydrogen-bond acceptors (Lipinski definition) is 5. The lowest BCUT2D eigenvalue weighted by Crippen LogP contribution is -2.42. The number of hydrogen-bond donors (Lipinski definition) is 1. The molecule has 2 saturated carbocycles. The highest BCUT2D eigenvalue weighted by atomic mass is 32.2. The van der Waals surface area contributed by atoms with Crippen LogP contribution in [0.15, 0.2) is 58.4 Å². The molecule has 0 spiro atoms. The molecule has 5 unspecified atom stereocenters. The monoisotopic (exact) mass is 530 g/mol. The lowest BCUT2D eigenvalue weighted by molar-refractivity contribution is -0.123. The number of carbonyl (C=O) groups excluding carboxylic acids is 2. The van der Waals surface area contributed by atoms with Crippen molar-refractivity contribution in [1.82, 2.24) is 4.98 Å². The van der Waals surface area contributed by atoms with Gasteiger partial charge in [0.2, 0.25) is 11.8 Å². The second-order valence-corrected chi connectivity index (χ2v) is 14.4. The number of anilines is 1. The van der Waals surface area contributed by atoms with Gasteiger partial charge in [0.15, 0.2) is 0 Å². The minimum Gasteiger partial charge on any atom is -0.307 e. The van der Waals surface area contributed by atoms with Crippen LogP contribution in [0.4, 0.5) is 5.69 Å². The maximum Gasteiger partial charge on any atom is 0.305 e. The number of aryl methyl sites for hydroxylation is 1. The molecule has 2 aliphatic heterocycles. The van der Waals surface area contributed by atoms with Crippen LogP contribution in [-0.4, -0.2) is 22.0 Å². The highest BCUT2D eigenvalue weighted by molar-refractivity contribution is 8.00. The number of rotatable bonds is 2. The van der Waals surface area contributed by atoms with Gasteiger partial charge in [-0.1, -0.05) is 74.1 Å². The third-order valence-electron chi connectivity index (χ3n) is 9.15. The number of fused-ring (bicyclic) bond motifs is 9. The van der Waals surface area contributed by atoms with Crippen molar-refractivity contribution in [2.24, 2.45) is 29.6 Å². The molecule has 1 saturated heterocycles. The molecule has 7 heteroatoms. The van der Waals surface area contributed by atoms with E-state index in [-0.39, 0.29) is 62.9 Å². The molecule has 4 aliphatic rings. The van der Waals surface area contributed by atoms with Crippen molar-refractivity contribution in [3.05, 3.63) is 79.8 Å². The second kappa shape index (κ2) is 7.93. The van der Waals surface area contributed by atoms with Crippen LogP contribution in [0.1, 0.15) is 54.7 Å². The van der Waals surface area contributed by atoms with Gasteiger partial charge in [0, 0.05) is 16.0 Å². The van der Waals surface area contributed by atoms with E-state index < -0.39 is 0 Å². The molecule has 37 heavy (non-hydrogen) atoms. The Morgan fingerprint density at radius 3 is 2.19 bits per heavy atom. The van der Waals surface area contributed by atoms with Gasteiger partial charge >= 0.3 is 4.87 Å². The number of amides is 2. The molecule has 3 heterocycles. The molecule has 7 atom stereocenters. The summed E-state index contributed by atoms with van der Waals surface area (Å²) in [6.07, 6.45) is 0.909. The molecular weight excluding hydrogens is 500 g/mol. The highest BCUT2D eigenvalue weighted by Crippen LogP contribution is 2.68. The Balaban J connectivity index is 1.30. The standard InChI is InChI=1S/C30H30N2O3S2/c1-14-5-11-17(12-6-14)32-27(33)22-18-13-19(23(22)28(32)34)24-21(18)20(25-26(36-24)31-29(35)37-25)15-7-9-16(10-8-15)30(2,3)4/h5-12,18-24H,13H2,1-4H3,(H,31,35)/t18-,19-,20?,21?,22?,23?,24?/m1/s1. The predicted molar refractivity (Wildman–Crippen MR) is 147 cm³/mol. The Morgan fingerprint density at radius 2 is 1.54 bits per heavy atom. The molecule has 7 rings (SSSR count). The van der Waals surface area contributed by atoms with Gasteiger partial charge in [-0.2, -0.15) is 0 Å². The van der Waals surface area contributed by atoms with E-state index in [9.17, 15) is 14.4 Å². The fourth-order valence-electron chi connectivity index (χ4n) is 7.53. The van der Waals surface area contributed by atoms with E-state index in [0.717, 1.165) is 21.9 Å². The first-order chi connectivity index (χ1) is 17.6. The average molecular weight is 531 g/mol. The average Bonchev–Trinajstić information content (AvgIpc) is 3.58. The first-order valence-electron chi connectivity index (χ1n) is 13.1. The first-order valence-corrected chi connectivity index (χ1v) is 14.8. The van der Waals surface area contributed by atoms with Crippen LogP contribution < -0.4 is 9.77 Å². The van der Waals surface area contributed by atoms with Crippen LogP contribution >= 0.6 is 23.1 Å². The van der Waals surface area contributed by atoms with Crippen LogP contribution in [0.5, 0.6) is 0 Å². The summed E-state index contributed by atoms with van der Waals surface area (Å²) in [6, 6.07) is 16.5. The van der Waals surface area contributed by atoms with Gasteiger partial charge in [0.05, 0.1) is 22.5 Å². The van der Waals surface area contributed by atoms with E-state index in [1.165, 1.54) is 27.4 Å². The van der Waals surface area contributed by atoms with Crippen molar-refractivity contribution < 1.29 is 9.59 Å². The first kappa shape index (κ1) is 23.5.